The van der Waals surface area contributed by atoms with Gasteiger partial charge in [0.05, 0.1) is 7.11 Å². The van der Waals surface area contributed by atoms with Crippen LogP contribution in [-0.4, -0.2) is 12.5 Å². The molecule has 0 fully saturated rings. The molecule has 0 spiro atoms. The van der Waals surface area contributed by atoms with Crippen LogP contribution in [0.2, 0.25) is 0 Å². The largest absolute Gasteiger partial charge is 0.496 e. The molecule has 17 heavy (non-hydrogen) atoms. The summed E-state index contributed by atoms with van der Waals surface area (Å²) in [6.45, 7) is 2.03. The Morgan fingerprint density at radius 3 is 2.47 bits per heavy atom. The molecule has 0 bridgehead atoms. The summed E-state index contributed by atoms with van der Waals surface area (Å²) in [5.74, 6) is 0.934. The highest BCUT2D eigenvalue weighted by atomic mass is 35.5. The second-order valence-electron chi connectivity index (χ2n) is 4.29. The van der Waals surface area contributed by atoms with E-state index in [1.165, 1.54) is 16.3 Å². The Hall–Kier alpha value is -1.21. The average Bonchev–Trinajstić information content (AvgIpc) is 2.35. The van der Waals surface area contributed by atoms with Crippen LogP contribution in [0.5, 0.6) is 5.75 Å². The lowest BCUT2D eigenvalue weighted by molar-refractivity contribution is 0.419. The highest BCUT2D eigenvalue weighted by molar-refractivity contribution is 6.20. The number of fused-ring (bicyclic) bond motifs is 1. The van der Waals surface area contributed by atoms with Crippen molar-refractivity contribution >= 4 is 22.4 Å². The van der Waals surface area contributed by atoms with E-state index in [2.05, 4.69) is 24.3 Å². The van der Waals surface area contributed by atoms with E-state index in [1.807, 2.05) is 19.1 Å². The summed E-state index contributed by atoms with van der Waals surface area (Å²) < 4.78 is 5.38. The molecule has 0 radical (unpaired) electrons. The Bertz CT molecular complexity index is 505. The smallest absolute Gasteiger partial charge is 0.126 e. The van der Waals surface area contributed by atoms with Crippen molar-refractivity contribution in [1.29, 1.82) is 0 Å². The molecule has 0 aliphatic carbocycles. The van der Waals surface area contributed by atoms with Gasteiger partial charge in [-0.25, -0.2) is 0 Å². The Morgan fingerprint density at radius 1 is 1.12 bits per heavy atom. The third kappa shape index (κ3) is 2.73. The molecule has 2 aromatic carbocycles. The van der Waals surface area contributed by atoms with Gasteiger partial charge in [-0.15, -0.1) is 11.6 Å². The van der Waals surface area contributed by atoms with Gasteiger partial charge in [-0.2, -0.15) is 0 Å². The number of alkyl halides is 1. The third-order valence-electron chi connectivity index (χ3n) is 3.01. The van der Waals surface area contributed by atoms with Crippen molar-refractivity contribution in [3.8, 4) is 5.75 Å². The van der Waals surface area contributed by atoms with Gasteiger partial charge in [-0.3, -0.25) is 0 Å². The maximum absolute atomic E-state index is 6.01. The molecular formula is C15H17ClO. The number of halogens is 1. The second-order valence-corrected chi connectivity index (χ2v) is 5.04. The minimum atomic E-state index is 0.218. The highest BCUT2D eigenvalue weighted by Gasteiger charge is 2.06. The molecule has 0 aliphatic heterocycles. The molecule has 2 rings (SSSR count). The Morgan fingerprint density at radius 2 is 1.82 bits per heavy atom. The van der Waals surface area contributed by atoms with Crippen LogP contribution in [0.3, 0.4) is 0 Å². The molecule has 0 heterocycles. The standard InChI is InChI=1S/C15H17ClO/c1-11(16)7-8-12-9-10-15(17-2)14-6-4-3-5-13(12)14/h3-6,9-11H,7-8H2,1-2H3. The monoisotopic (exact) mass is 248 g/mol. The summed E-state index contributed by atoms with van der Waals surface area (Å²) in [6, 6.07) is 12.5. The zero-order valence-corrected chi connectivity index (χ0v) is 11.0. The number of ether oxygens (including phenoxy) is 1. The van der Waals surface area contributed by atoms with E-state index >= 15 is 0 Å². The molecule has 1 nitrogen and oxygen atoms in total. The minimum absolute atomic E-state index is 0.218. The minimum Gasteiger partial charge on any atom is -0.496 e. The summed E-state index contributed by atoms with van der Waals surface area (Å²) in [5, 5.41) is 2.66. The molecule has 0 aliphatic rings. The van der Waals surface area contributed by atoms with Crippen LogP contribution < -0.4 is 4.74 Å². The summed E-state index contributed by atoms with van der Waals surface area (Å²) >= 11 is 6.01. The Balaban J connectivity index is 2.43. The maximum atomic E-state index is 6.01. The van der Waals surface area contributed by atoms with Crippen molar-refractivity contribution in [3.63, 3.8) is 0 Å². The Labute approximate surface area is 107 Å². The number of hydrogen-bond acceptors (Lipinski definition) is 1. The molecule has 0 amide bonds. The predicted octanol–water partition coefficient (Wildman–Crippen LogP) is 4.41. The van der Waals surface area contributed by atoms with E-state index < -0.39 is 0 Å². The fraction of sp³-hybridized carbons (Fsp3) is 0.333. The summed E-state index contributed by atoms with van der Waals surface area (Å²) in [4.78, 5) is 0. The van der Waals surface area contributed by atoms with Crippen molar-refractivity contribution in [1.82, 2.24) is 0 Å². The lowest BCUT2D eigenvalue weighted by Crippen LogP contribution is -1.96. The van der Waals surface area contributed by atoms with Crippen LogP contribution in [0, 0.1) is 0 Å². The van der Waals surface area contributed by atoms with Crippen molar-refractivity contribution in [3.05, 3.63) is 42.0 Å². The molecule has 1 atom stereocenters. The molecule has 0 N–H and O–H groups in total. The van der Waals surface area contributed by atoms with Crippen LogP contribution in [-0.2, 0) is 6.42 Å². The molecule has 90 valence electrons. The van der Waals surface area contributed by atoms with Gasteiger partial charge < -0.3 is 4.74 Å². The average molecular weight is 249 g/mol. The number of aryl methyl sites for hydroxylation is 1. The summed E-state index contributed by atoms with van der Waals surface area (Å²) in [7, 11) is 1.71. The summed E-state index contributed by atoms with van der Waals surface area (Å²) in [6.07, 6.45) is 2.01. The number of methoxy groups -OCH3 is 1. The predicted molar refractivity (Wildman–Crippen MR) is 74.1 cm³/mol. The van der Waals surface area contributed by atoms with E-state index in [9.17, 15) is 0 Å². The van der Waals surface area contributed by atoms with E-state index in [0.717, 1.165) is 18.6 Å². The molecule has 0 saturated carbocycles. The van der Waals surface area contributed by atoms with Crippen LogP contribution in [0.15, 0.2) is 36.4 Å². The Kier molecular flexibility index (Phi) is 3.90. The number of hydrogen-bond donors (Lipinski definition) is 0. The molecule has 2 aromatic rings. The van der Waals surface area contributed by atoms with Crippen LogP contribution in [0.25, 0.3) is 10.8 Å². The topological polar surface area (TPSA) is 9.23 Å². The molecule has 0 aromatic heterocycles. The third-order valence-corrected chi connectivity index (χ3v) is 3.22. The van der Waals surface area contributed by atoms with Gasteiger partial charge in [0.1, 0.15) is 5.75 Å². The normalized spacial score (nSPS) is 12.6. The quantitative estimate of drug-likeness (QED) is 0.729. The first kappa shape index (κ1) is 12.3. The molecular weight excluding hydrogens is 232 g/mol. The van der Waals surface area contributed by atoms with E-state index in [0.29, 0.717) is 0 Å². The van der Waals surface area contributed by atoms with E-state index in [-0.39, 0.29) is 5.38 Å². The molecule has 0 saturated heterocycles. The van der Waals surface area contributed by atoms with Crippen molar-refractivity contribution in [2.45, 2.75) is 25.1 Å². The van der Waals surface area contributed by atoms with Gasteiger partial charge >= 0.3 is 0 Å². The fourth-order valence-electron chi connectivity index (χ4n) is 2.08. The second kappa shape index (κ2) is 5.42. The van der Waals surface area contributed by atoms with Gasteiger partial charge in [0.25, 0.3) is 0 Å². The first-order valence-electron chi connectivity index (χ1n) is 5.91. The first-order valence-corrected chi connectivity index (χ1v) is 6.34. The maximum Gasteiger partial charge on any atom is 0.126 e. The van der Waals surface area contributed by atoms with Crippen LogP contribution >= 0.6 is 11.6 Å². The lowest BCUT2D eigenvalue weighted by Gasteiger charge is -2.11. The zero-order valence-electron chi connectivity index (χ0n) is 10.2. The van der Waals surface area contributed by atoms with E-state index in [1.54, 1.807) is 7.11 Å². The SMILES string of the molecule is COc1ccc(CCC(C)Cl)c2ccccc12. The number of rotatable bonds is 4. The lowest BCUT2D eigenvalue weighted by atomic mass is 9.99. The van der Waals surface area contributed by atoms with Crippen molar-refractivity contribution < 1.29 is 4.74 Å². The van der Waals surface area contributed by atoms with Crippen LogP contribution in [0.4, 0.5) is 0 Å². The highest BCUT2D eigenvalue weighted by Crippen LogP contribution is 2.29. The van der Waals surface area contributed by atoms with Crippen molar-refractivity contribution in [2.75, 3.05) is 7.11 Å². The summed E-state index contributed by atoms with van der Waals surface area (Å²) in [5.41, 5.74) is 1.34. The molecule has 1 unspecified atom stereocenters. The fourth-order valence-corrected chi connectivity index (χ4v) is 2.19. The molecule has 2 heteroatoms. The van der Waals surface area contributed by atoms with Gasteiger partial charge in [0.2, 0.25) is 0 Å². The van der Waals surface area contributed by atoms with Crippen LogP contribution in [0.1, 0.15) is 18.9 Å². The van der Waals surface area contributed by atoms with Gasteiger partial charge in [-0.1, -0.05) is 30.3 Å². The van der Waals surface area contributed by atoms with Crippen molar-refractivity contribution in [2.24, 2.45) is 0 Å². The van der Waals surface area contributed by atoms with E-state index in [4.69, 9.17) is 16.3 Å². The van der Waals surface area contributed by atoms with Gasteiger partial charge in [0, 0.05) is 10.8 Å². The zero-order chi connectivity index (χ0) is 12.3. The number of benzene rings is 2. The van der Waals surface area contributed by atoms with Gasteiger partial charge in [0.15, 0.2) is 0 Å². The first-order chi connectivity index (χ1) is 8.22. The van der Waals surface area contributed by atoms with Gasteiger partial charge in [-0.05, 0) is 36.8 Å².